The number of hydrogen-bond donors (Lipinski definition) is 0. The second kappa shape index (κ2) is 8.74. The normalized spacial score (nSPS) is 10.6. The van der Waals surface area contributed by atoms with Gasteiger partial charge in [0.15, 0.2) is 0 Å². The van der Waals surface area contributed by atoms with Crippen molar-refractivity contribution in [3.05, 3.63) is 70.5 Å². The van der Waals surface area contributed by atoms with Crippen molar-refractivity contribution in [2.75, 3.05) is 0 Å². The fourth-order valence-corrected chi connectivity index (χ4v) is 1.59. The van der Waals surface area contributed by atoms with Crippen LogP contribution < -0.4 is 10.4 Å². The number of aromatic nitrogens is 2. The van der Waals surface area contributed by atoms with Gasteiger partial charge >= 0.3 is 5.69 Å². The average molecular weight is 286 g/mol. The molecule has 0 spiro atoms. The van der Waals surface area contributed by atoms with E-state index in [-0.39, 0.29) is 5.69 Å². The van der Waals surface area contributed by atoms with Crippen LogP contribution in [0.5, 0.6) is 5.88 Å². The highest BCUT2D eigenvalue weighted by molar-refractivity contribution is 5.16. The van der Waals surface area contributed by atoms with E-state index in [1.165, 1.54) is 0 Å². The van der Waals surface area contributed by atoms with Crippen LogP contribution in [-0.4, -0.2) is 9.55 Å². The van der Waals surface area contributed by atoms with Crippen LogP contribution in [0.3, 0.4) is 0 Å². The number of nitrogens with zero attached hydrogens (tertiary/aromatic N) is 2. The zero-order valence-electron chi connectivity index (χ0n) is 13.0. The zero-order valence-corrected chi connectivity index (χ0v) is 13.0. The van der Waals surface area contributed by atoms with Gasteiger partial charge in [-0.3, -0.25) is 4.57 Å². The molecule has 0 aliphatic heterocycles. The molecule has 112 valence electrons. The maximum atomic E-state index is 11.9. The third kappa shape index (κ3) is 5.26. The molecule has 4 nitrogen and oxygen atoms in total. The molecule has 2 rings (SSSR count). The number of ether oxygens (including phenoxy) is 1. The molecule has 0 saturated heterocycles. The molecule has 0 unspecified atom stereocenters. The molecule has 0 radical (unpaired) electrons. The maximum Gasteiger partial charge on any atom is 0.351 e. The van der Waals surface area contributed by atoms with E-state index in [4.69, 9.17) is 4.74 Å². The Morgan fingerprint density at radius 1 is 1.24 bits per heavy atom. The van der Waals surface area contributed by atoms with Gasteiger partial charge < -0.3 is 4.74 Å². The molecule has 1 aromatic heterocycles. The van der Waals surface area contributed by atoms with Crippen molar-refractivity contribution >= 4 is 0 Å². The van der Waals surface area contributed by atoms with Crippen LogP contribution in [0.4, 0.5) is 0 Å². The van der Waals surface area contributed by atoms with E-state index in [0.29, 0.717) is 18.2 Å². The second-order valence-electron chi connectivity index (χ2n) is 4.16. The summed E-state index contributed by atoms with van der Waals surface area (Å²) in [5, 5.41) is 0. The van der Waals surface area contributed by atoms with Gasteiger partial charge in [0.1, 0.15) is 0 Å². The largest absolute Gasteiger partial charge is 0.444 e. The van der Waals surface area contributed by atoms with E-state index in [2.05, 4.69) is 4.98 Å². The summed E-state index contributed by atoms with van der Waals surface area (Å²) in [4.78, 5) is 15.8. The molecule has 0 atom stereocenters. The first-order valence-electron chi connectivity index (χ1n) is 7.11. The lowest BCUT2D eigenvalue weighted by molar-refractivity contribution is 0.404. The summed E-state index contributed by atoms with van der Waals surface area (Å²) >= 11 is 0. The quantitative estimate of drug-likeness (QED) is 0.806. The topological polar surface area (TPSA) is 44.1 Å². The Balaban J connectivity index is 0.00000106. The summed E-state index contributed by atoms with van der Waals surface area (Å²) in [6.45, 7) is 8.19. The second-order valence-corrected chi connectivity index (χ2v) is 4.16. The minimum absolute atomic E-state index is 0.315. The lowest BCUT2D eigenvalue weighted by atomic mass is 10.2. The predicted molar refractivity (Wildman–Crippen MR) is 85.4 cm³/mol. The van der Waals surface area contributed by atoms with E-state index in [9.17, 15) is 4.79 Å². The minimum atomic E-state index is -0.315. The summed E-state index contributed by atoms with van der Waals surface area (Å²) in [7, 11) is 0. The third-order valence-corrected chi connectivity index (χ3v) is 2.72. The van der Waals surface area contributed by atoms with E-state index in [1.807, 2.05) is 64.1 Å². The Morgan fingerprint density at radius 3 is 2.48 bits per heavy atom. The summed E-state index contributed by atoms with van der Waals surface area (Å²) in [5.74, 6) is 1.04. The first kappa shape index (κ1) is 16.7. The van der Waals surface area contributed by atoms with Crippen LogP contribution in [-0.2, 0) is 6.54 Å². The predicted octanol–water partition coefficient (Wildman–Crippen LogP) is 3.62. The molecule has 0 bridgehead atoms. The number of benzene rings is 1. The van der Waals surface area contributed by atoms with Crippen molar-refractivity contribution < 1.29 is 4.74 Å². The van der Waals surface area contributed by atoms with Crippen molar-refractivity contribution in [1.82, 2.24) is 9.55 Å². The summed E-state index contributed by atoms with van der Waals surface area (Å²) in [6.07, 6.45) is 3.51. The highest BCUT2D eigenvalue weighted by Crippen LogP contribution is 2.07. The molecule has 2 aromatic rings. The molecule has 0 aliphatic rings. The molecular weight excluding hydrogens is 264 g/mol. The molecule has 1 aromatic carbocycles. The smallest absolute Gasteiger partial charge is 0.351 e. The van der Waals surface area contributed by atoms with E-state index >= 15 is 0 Å². The Labute approximate surface area is 125 Å². The van der Waals surface area contributed by atoms with Crippen molar-refractivity contribution in [3.63, 3.8) is 0 Å². The van der Waals surface area contributed by atoms with Gasteiger partial charge in [-0.25, -0.2) is 4.79 Å². The summed E-state index contributed by atoms with van der Waals surface area (Å²) in [5.41, 5.74) is 0.745. The molecule has 4 heteroatoms. The van der Waals surface area contributed by atoms with Crippen LogP contribution in [0.1, 0.15) is 33.3 Å². The van der Waals surface area contributed by atoms with Crippen molar-refractivity contribution in [2.24, 2.45) is 0 Å². The maximum absolute atomic E-state index is 11.9. The van der Waals surface area contributed by atoms with Crippen LogP contribution >= 0.6 is 0 Å². The zero-order chi connectivity index (χ0) is 15.7. The molecule has 1 heterocycles. The fraction of sp³-hybridized carbons (Fsp3) is 0.294. The van der Waals surface area contributed by atoms with Crippen molar-refractivity contribution in [2.45, 2.75) is 34.2 Å². The number of rotatable bonds is 4. The van der Waals surface area contributed by atoms with Crippen molar-refractivity contribution in [1.29, 1.82) is 0 Å². The van der Waals surface area contributed by atoms with E-state index in [0.717, 1.165) is 5.56 Å². The fourth-order valence-electron chi connectivity index (χ4n) is 1.59. The summed E-state index contributed by atoms with van der Waals surface area (Å²) < 4.78 is 6.93. The number of allylic oxidation sites excluding steroid dienone is 2. The summed E-state index contributed by atoms with van der Waals surface area (Å²) in [6, 6.07) is 11.5. The standard InChI is InChI=1S/C15H16N2O2.C2H6/c1-3-12(2)19-14-9-10-17(15(18)16-14)11-13-7-5-4-6-8-13;1-2/h3-10H,11H2,1-2H3;1-2H3/b12-3-;. The molecular formula is C17H22N2O2. The molecule has 0 fully saturated rings. The van der Waals surface area contributed by atoms with Gasteiger partial charge in [0, 0.05) is 12.3 Å². The minimum Gasteiger partial charge on any atom is -0.444 e. The van der Waals surface area contributed by atoms with Gasteiger partial charge in [0.05, 0.1) is 12.3 Å². The van der Waals surface area contributed by atoms with Crippen molar-refractivity contribution in [3.8, 4) is 5.88 Å². The third-order valence-electron chi connectivity index (χ3n) is 2.72. The first-order chi connectivity index (χ1) is 10.2. The van der Waals surface area contributed by atoms with Gasteiger partial charge in [-0.05, 0) is 25.5 Å². The Morgan fingerprint density at radius 2 is 1.90 bits per heavy atom. The van der Waals surface area contributed by atoms with Gasteiger partial charge in [0.25, 0.3) is 0 Å². The highest BCUT2D eigenvalue weighted by atomic mass is 16.5. The van der Waals surface area contributed by atoms with Gasteiger partial charge in [0.2, 0.25) is 5.88 Å². The van der Waals surface area contributed by atoms with Crippen LogP contribution in [0.2, 0.25) is 0 Å². The lowest BCUT2D eigenvalue weighted by Crippen LogP contribution is -2.23. The molecule has 0 amide bonds. The monoisotopic (exact) mass is 286 g/mol. The van der Waals surface area contributed by atoms with E-state index < -0.39 is 0 Å². The van der Waals surface area contributed by atoms with E-state index in [1.54, 1.807) is 16.8 Å². The SMILES string of the molecule is C/C=C(/C)Oc1ccn(Cc2ccccc2)c(=O)n1.CC. The Kier molecular flexibility index (Phi) is 6.95. The number of hydrogen-bond acceptors (Lipinski definition) is 3. The van der Waals surface area contributed by atoms with Crippen LogP contribution in [0, 0.1) is 0 Å². The highest BCUT2D eigenvalue weighted by Gasteiger charge is 2.02. The average Bonchev–Trinajstić information content (AvgIpc) is 2.53. The Bertz CT molecular complexity index is 631. The van der Waals surface area contributed by atoms with Gasteiger partial charge in [-0.1, -0.05) is 44.2 Å². The molecule has 21 heavy (non-hydrogen) atoms. The van der Waals surface area contributed by atoms with Gasteiger partial charge in [-0.15, -0.1) is 0 Å². The van der Waals surface area contributed by atoms with Crippen LogP contribution in [0.15, 0.2) is 59.2 Å². The molecule has 0 saturated carbocycles. The lowest BCUT2D eigenvalue weighted by Gasteiger charge is -2.07. The molecule has 0 N–H and O–H groups in total. The molecule has 0 aliphatic carbocycles. The Hall–Kier alpha value is -2.36. The van der Waals surface area contributed by atoms with Crippen LogP contribution in [0.25, 0.3) is 0 Å². The first-order valence-corrected chi connectivity index (χ1v) is 7.11. The van der Waals surface area contributed by atoms with Gasteiger partial charge in [-0.2, -0.15) is 4.98 Å².